The number of anilines is 1. The summed E-state index contributed by atoms with van der Waals surface area (Å²) < 4.78 is 0. The molecule has 0 amide bonds. The molecule has 1 aromatic rings. The lowest BCUT2D eigenvalue weighted by Gasteiger charge is -2.18. The summed E-state index contributed by atoms with van der Waals surface area (Å²) in [6, 6.07) is 8.60. The first-order chi connectivity index (χ1) is 6.11. The van der Waals surface area contributed by atoms with Gasteiger partial charge in [-0.1, -0.05) is 18.2 Å². The molecule has 2 heteroatoms. The van der Waals surface area contributed by atoms with Gasteiger partial charge in [0.2, 0.25) is 0 Å². The van der Waals surface area contributed by atoms with Crippen molar-refractivity contribution in [3.63, 3.8) is 0 Å². The highest BCUT2D eigenvalue weighted by molar-refractivity contribution is 5.52. The Morgan fingerprint density at radius 3 is 2.46 bits per heavy atom. The number of hydrogen-bond donors (Lipinski definition) is 1. The molecule has 2 nitrogen and oxygen atoms in total. The molecule has 72 valence electrons. The second-order valence-corrected chi connectivity index (χ2v) is 3.70. The van der Waals surface area contributed by atoms with E-state index in [4.69, 9.17) is 5.73 Å². The first kappa shape index (κ1) is 10.1. The van der Waals surface area contributed by atoms with Crippen molar-refractivity contribution in [3.05, 3.63) is 29.8 Å². The number of hydrogen-bond acceptors (Lipinski definition) is 2. The van der Waals surface area contributed by atoms with Crippen molar-refractivity contribution in [1.82, 2.24) is 0 Å². The molecular formula is C11H18N2. The lowest BCUT2D eigenvalue weighted by molar-refractivity contribution is 0.737. The molecule has 0 saturated heterocycles. The molecule has 13 heavy (non-hydrogen) atoms. The summed E-state index contributed by atoms with van der Waals surface area (Å²) in [5.74, 6) is 0. The summed E-state index contributed by atoms with van der Waals surface area (Å²) in [4.78, 5) is 2.12. The summed E-state index contributed by atoms with van der Waals surface area (Å²) in [5.41, 5.74) is 8.36. The molecule has 0 fully saturated rings. The van der Waals surface area contributed by atoms with Crippen LogP contribution in [0.3, 0.4) is 0 Å². The van der Waals surface area contributed by atoms with E-state index in [9.17, 15) is 0 Å². The van der Waals surface area contributed by atoms with E-state index in [2.05, 4.69) is 43.3 Å². The number of para-hydroxylation sites is 1. The first-order valence-corrected chi connectivity index (χ1v) is 4.62. The molecule has 0 unspecified atom stereocenters. The average Bonchev–Trinajstić information content (AvgIpc) is 2.03. The highest BCUT2D eigenvalue weighted by Crippen LogP contribution is 2.18. The van der Waals surface area contributed by atoms with Crippen LogP contribution in [0, 0.1) is 0 Å². The van der Waals surface area contributed by atoms with Gasteiger partial charge < -0.3 is 10.6 Å². The van der Waals surface area contributed by atoms with Crippen LogP contribution in [-0.4, -0.2) is 20.1 Å². The summed E-state index contributed by atoms with van der Waals surface area (Å²) in [7, 11) is 4.11. The summed E-state index contributed by atoms with van der Waals surface area (Å²) in [5, 5.41) is 0. The zero-order valence-corrected chi connectivity index (χ0v) is 8.62. The van der Waals surface area contributed by atoms with Crippen molar-refractivity contribution >= 4 is 5.69 Å². The van der Waals surface area contributed by atoms with E-state index in [1.165, 1.54) is 11.3 Å². The highest BCUT2D eigenvalue weighted by Gasteiger charge is 2.04. The predicted octanol–water partition coefficient (Wildman–Crippen LogP) is 1.64. The molecule has 0 aliphatic heterocycles. The zero-order valence-electron chi connectivity index (χ0n) is 8.62. The summed E-state index contributed by atoms with van der Waals surface area (Å²) in [6.45, 7) is 2.03. The SMILES string of the molecule is C[C@@H](N)Cc1ccccc1N(C)C. The van der Waals surface area contributed by atoms with Gasteiger partial charge in [-0.3, -0.25) is 0 Å². The van der Waals surface area contributed by atoms with Crippen LogP contribution in [0.5, 0.6) is 0 Å². The smallest absolute Gasteiger partial charge is 0.0394 e. The van der Waals surface area contributed by atoms with Crippen molar-refractivity contribution in [1.29, 1.82) is 0 Å². The second-order valence-electron chi connectivity index (χ2n) is 3.70. The topological polar surface area (TPSA) is 29.3 Å². The molecule has 0 aromatic heterocycles. The fourth-order valence-corrected chi connectivity index (χ4v) is 1.47. The highest BCUT2D eigenvalue weighted by atomic mass is 15.1. The van der Waals surface area contributed by atoms with Crippen LogP contribution in [0.2, 0.25) is 0 Å². The molecule has 1 rings (SSSR count). The van der Waals surface area contributed by atoms with Gasteiger partial charge in [0.05, 0.1) is 0 Å². The van der Waals surface area contributed by atoms with Crippen LogP contribution in [0.4, 0.5) is 5.69 Å². The van der Waals surface area contributed by atoms with Gasteiger partial charge in [0.25, 0.3) is 0 Å². The quantitative estimate of drug-likeness (QED) is 0.762. The van der Waals surface area contributed by atoms with Gasteiger partial charge in [0.1, 0.15) is 0 Å². The maximum absolute atomic E-state index is 5.77. The van der Waals surface area contributed by atoms with E-state index in [0.29, 0.717) is 0 Å². The van der Waals surface area contributed by atoms with Gasteiger partial charge in [-0.2, -0.15) is 0 Å². The van der Waals surface area contributed by atoms with Gasteiger partial charge in [-0.15, -0.1) is 0 Å². The van der Waals surface area contributed by atoms with Crippen LogP contribution >= 0.6 is 0 Å². The van der Waals surface area contributed by atoms with E-state index in [0.717, 1.165) is 6.42 Å². The maximum Gasteiger partial charge on any atom is 0.0394 e. The van der Waals surface area contributed by atoms with Crippen LogP contribution < -0.4 is 10.6 Å². The number of nitrogens with zero attached hydrogens (tertiary/aromatic N) is 1. The third-order valence-corrected chi connectivity index (χ3v) is 2.02. The van der Waals surface area contributed by atoms with E-state index in [1.807, 2.05) is 6.92 Å². The standard InChI is InChI=1S/C11H18N2/c1-9(12)8-10-6-4-5-7-11(10)13(2)3/h4-7,9H,8,12H2,1-3H3/t9-/m1/s1. The third-order valence-electron chi connectivity index (χ3n) is 2.02. The molecule has 0 aliphatic carbocycles. The second kappa shape index (κ2) is 4.28. The van der Waals surface area contributed by atoms with E-state index in [-0.39, 0.29) is 6.04 Å². The molecule has 0 aliphatic rings. The van der Waals surface area contributed by atoms with Gasteiger partial charge in [-0.05, 0) is 25.0 Å². The van der Waals surface area contributed by atoms with Crippen molar-refractivity contribution < 1.29 is 0 Å². The monoisotopic (exact) mass is 178 g/mol. The van der Waals surface area contributed by atoms with Crippen LogP contribution in [0.1, 0.15) is 12.5 Å². The maximum atomic E-state index is 5.77. The Hall–Kier alpha value is -1.02. The van der Waals surface area contributed by atoms with Gasteiger partial charge in [-0.25, -0.2) is 0 Å². The summed E-state index contributed by atoms with van der Waals surface area (Å²) >= 11 is 0. The van der Waals surface area contributed by atoms with Gasteiger partial charge in [0.15, 0.2) is 0 Å². The molecule has 0 heterocycles. The number of rotatable bonds is 3. The fraction of sp³-hybridized carbons (Fsp3) is 0.455. The zero-order chi connectivity index (χ0) is 9.84. The Bertz CT molecular complexity index is 267. The molecular weight excluding hydrogens is 160 g/mol. The largest absolute Gasteiger partial charge is 0.377 e. The van der Waals surface area contributed by atoms with Crippen LogP contribution in [0.15, 0.2) is 24.3 Å². The molecule has 0 radical (unpaired) electrons. The lowest BCUT2D eigenvalue weighted by atomic mass is 10.1. The molecule has 0 bridgehead atoms. The minimum Gasteiger partial charge on any atom is -0.377 e. The Labute approximate surface area is 80.4 Å². The number of benzene rings is 1. The molecule has 0 saturated carbocycles. The normalized spacial score (nSPS) is 12.6. The van der Waals surface area contributed by atoms with Crippen LogP contribution in [-0.2, 0) is 6.42 Å². The molecule has 2 N–H and O–H groups in total. The van der Waals surface area contributed by atoms with Crippen molar-refractivity contribution in [2.75, 3.05) is 19.0 Å². The predicted molar refractivity (Wildman–Crippen MR) is 58.1 cm³/mol. The van der Waals surface area contributed by atoms with E-state index in [1.54, 1.807) is 0 Å². The van der Waals surface area contributed by atoms with Crippen molar-refractivity contribution in [3.8, 4) is 0 Å². The molecule has 1 atom stereocenters. The Morgan fingerprint density at radius 2 is 1.92 bits per heavy atom. The minimum absolute atomic E-state index is 0.223. The van der Waals surface area contributed by atoms with Gasteiger partial charge >= 0.3 is 0 Å². The Morgan fingerprint density at radius 1 is 1.31 bits per heavy atom. The average molecular weight is 178 g/mol. The fourth-order valence-electron chi connectivity index (χ4n) is 1.47. The molecule has 0 spiro atoms. The third kappa shape index (κ3) is 2.74. The summed E-state index contributed by atoms with van der Waals surface area (Å²) in [6.07, 6.45) is 0.939. The Balaban J connectivity index is 2.91. The Kier molecular flexibility index (Phi) is 3.32. The van der Waals surface area contributed by atoms with Crippen molar-refractivity contribution in [2.45, 2.75) is 19.4 Å². The van der Waals surface area contributed by atoms with E-state index < -0.39 is 0 Å². The lowest BCUT2D eigenvalue weighted by Crippen LogP contribution is -2.20. The van der Waals surface area contributed by atoms with Crippen LogP contribution in [0.25, 0.3) is 0 Å². The van der Waals surface area contributed by atoms with E-state index >= 15 is 0 Å². The van der Waals surface area contributed by atoms with Crippen molar-refractivity contribution in [2.24, 2.45) is 5.73 Å². The minimum atomic E-state index is 0.223. The molecule has 1 aromatic carbocycles. The first-order valence-electron chi connectivity index (χ1n) is 4.62. The number of nitrogens with two attached hydrogens (primary N) is 1. The van der Waals surface area contributed by atoms with Gasteiger partial charge in [0, 0.05) is 25.8 Å².